The lowest BCUT2D eigenvalue weighted by Crippen LogP contribution is -2.11. The first kappa shape index (κ1) is 30.3. The van der Waals surface area contributed by atoms with Crippen LogP contribution in [0.2, 0.25) is 0 Å². The molecule has 0 aliphatic heterocycles. The molecule has 5 heteroatoms. The first-order valence-corrected chi connectivity index (χ1v) is 18.0. The van der Waals surface area contributed by atoms with Gasteiger partial charge in [-0.1, -0.05) is 115 Å². The van der Waals surface area contributed by atoms with Crippen LogP contribution in [0.4, 0.5) is 17.1 Å². The van der Waals surface area contributed by atoms with Crippen molar-refractivity contribution < 1.29 is 13.3 Å². The van der Waals surface area contributed by atoms with E-state index in [1.54, 1.807) is 0 Å². The average molecular weight is 695 g/mol. The number of para-hydroxylation sites is 3. The van der Waals surface area contributed by atoms with Crippen LogP contribution >= 0.6 is 0 Å². The number of nitrogens with zero attached hydrogens (tertiary/aromatic N) is 2. The van der Waals surface area contributed by atoms with Crippen molar-refractivity contribution in [1.82, 2.24) is 4.98 Å². The Morgan fingerprint density at radius 3 is 1.81 bits per heavy atom. The highest BCUT2D eigenvalue weighted by Crippen LogP contribution is 2.46. The van der Waals surface area contributed by atoms with Crippen molar-refractivity contribution in [1.29, 1.82) is 0 Å². The number of aromatic nitrogens is 1. The Balaban J connectivity index is 1.12. The number of rotatable bonds is 6. The average Bonchev–Trinajstić information content (AvgIpc) is 3.94. The monoisotopic (exact) mass is 694 g/mol. The van der Waals surface area contributed by atoms with Gasteiger partial charge in [-0.25, -0.2) is 4.98 Å². The SMILES string of the molecule is c1ccc(-c2nc3cc4oc5ccccc5c4c(-c4ccc(N(c5ccc6c(c5)oc5ccccc56)c5ccccc5-c5ccccc5)cc4)c3o2)cc1. The molecule has 8 aromatic carbocycles. The standard InChI is InChI=1S/C49H30N2O3/c1-3-13-31(14-4-1)36-17-7-10-20-41(36)51(35-27-28-38-37-18-8-11-21-42(37)52-44(38)29-35)34-25-23-32(24-26-34)46-47-39-19-9-12-22-43(39)53-45(47)30-40-48(46)54-49(50-40)33-15-5-2-6-16-33/h1-30H. The molecule has 5 nitrogen and oxygen atoms in total. The summed E-state index contributed by atoms with van der Waals surface area (Å²) in [6.45, 7) is 0. The molecule has 11 aromatic rings. The van der Waals surface area contributed by atoms with Crippen LogP contribution in [0.15, 0.2) is 195 Å². The highest BCUT2D eigenvalue weighted by atomic mass is 16.4. The van der Waals surface area contributed by atoms with Gasteiger partial charge in [-0.15, -0.1) is 0 Å². The van der Waals surface area contributed by atoms with E-state index in [0.29, 0.717) is 5.89 Å². The van der Waals surface area contributed by atoms with Gasteiger partial charge in [0, 0.05) is 61.7 Å². The molecule has 0 amide bonds. The van der Waals surface area contributed by atoms with Crippen LogP contribution in [0.1, 0.15) is 0 Å². The number of hydrogen-bond acceptors (Lipinski definition) is 5. The third-order valence-corrected chi connectivity index (χ3v) is 10.3. The Morgan fingerprint density at radius 2 is 1.02 bits per heavy atom. The van der Waals surface area contributed by atoms with Crippen molar-refractivity contribution in [2.75, 3.05) is 4.90 Å². The van der Waals surface area contributed by atoms with Crippen molar-refractivity contribution >= 4 is 72.0 Å². The minimum atomic E-state index is 0.574. The molecule has 0 saturated carbocycles. The molecule has 3 heterocycles. The third-order valence-electron chi connectivity index (χ3n) is 10.3. The number of anilines is 3. The zero-order chi connectivity index (χ0) is 35.6. The van der Waals surface area contributed by atoms with Crippen molar-refractivity contribution in [2.45, 2.75) is 0 Å². The van der Waals surface area contributed by atoms with E-state index in [0.717, 1.165) is 99.9 Å². The Labute approximate surface area is 309 Å². The molecule has 0 fully saturated rings. The fourth-order valence-corrected chi connectivity index (χ4v) is 7.84. The van der Waals surface area contributed by atoms with Gasteiger partial charge in [0.1, 0.15) is 27.8 Å². The van der Waals surface area contributed by atoms with Gasteiger partial charge in [0.25, 0.3) is 0 Å². The van der Waals surface area contributed by atoms with Crippen LogP contribution in [0, 0.1) is 0 Å². The van der Waals surface area contributed by atoms with Gasteiger partial charge < -0.3 is 18.2 Å². The lowest BCUT2D eigenvalue weighted by Gasteiger charge is -2.28. The number of furan rings is 2. The molecule has 0 radical (unpaired) electrons. The molecule has 3 aromatic heterocycles. The summed E-state index contributed by atoms with van der Waals surface area (Å²) in [7, 11) is 0. The van der Waals surface area contributed by atoms with Crippen LogP contribution in [0.25, 0.3) is 88.7 Å². The van der Waals surface area contributed by atoms with E-state index in [2.05, 4.69) is 120 Å². The third kappa shape index (κ3) is 4.83. The molecule has 54 heavy (non-hydrogen) atoms. The van der Waals surface area contributed by atoms with E-state index in [9.17, 15) is 0 Å². The summed E-state index contributed by atoms with van der Waals surface area (Å²) in [6.07, 6.45) is 0. The van der Waals surface area contributed by atoms with Crippen LogP contribution in [-0.4, -0.2) is 4.98 Å². The van der Waals surface area contributed by atoms with Gasteiger partial charge in [-0.2, -0.15) is 0 Å². The minimum absolute atomic E-state index is 0.574. The lowest BCUT2D eigenvalue weighted by molar-refractivity contribution is 0.621. The van der Waals surface area contributed by atoms with E-state index in [1.807, 2.05) is 66.7 Å². The number of fused-ring (bicyclic) bond motifs is 7. The molecule has 11 rings (SSSR count). The highest BCUT2D eigenvalue weighted by Gasteiger charge is 2.23. The van der Waals surface area contributed by atoms with E-state index in [1.165, 1.54) is 0 Å². The fourth-order valence-electron chi connectivity index (χ4n) is 7.84. The van der Waals surface area contributed by atoms with Crippen molar-refractivity contribution in [3.05, 3.63) is 182 Å². The summed E-state index contributed by atoms with van der Waals surface area (Å²) in [6, 6.07) is 62.7. The quantitative estimate of drug-likeness (QED) is 0.173. The van der Waals surface area contributed by atoms with Gasteiger partial charge in [-0.05, 0) is 65.7 Å². The summed E-state index contributed by atoms with van der Waals surface area (Å²) in [5.74, 6) is 0.574. The van der Waals surface area contributed by atoms with Crippen LogP contribution < -0.4 is 4.90 Å². The van der Waals surface area contributed by atoms with Crippen molar-refractivity contribution in [2.24, 2.45) is 0 Å². The fraction of sp³-hybridized carbons (Fsp3) is 0. The largest absolute Gasteiger partial charge is 0.456 e. The second kappa shape index (κ2) is 12.1. The molecule has 0 spiro atoms. The van der Waals surface area contributed by atoms with E-state index < -0.39 is 0 Å². The van der Waals surface area contributed by atoms with Crippen LogP contribution in [-0.2, 0) is 0 Å². The summed E-state index contributed by atoms with van der Waals surface area (Å²) in [4.78, 5) is 7.26. The maximum Gasteiger partial charge on any atom is 0.227 e. The Hall–Kier alpha value is -7.37. The molecule has 254 valence electrons. The molecule has 0 aliphatic carbocycles. The zero-order valence-electron chi connectivity index (χ0n) is 28.9. The molecule has 0 unspecified atom stereocenters. The topological polar surface area (TPSA) is 55.6 Å². The lowest BCUT2D eigenvalue weighted by atomic mass is 9.97. The number of oxazole rings is 1. The van der Waals surface area contributed by atoms with Gasteiger partial charge in [0.2, 0.25) is 5.89 Å². The molecular weight excluding hydrogens is 665 g/mol. The number of hydrogen-bond donors (Lipinski definition) is 0. The Morgan fingerprint density at radius 1 is 0.407 bits per heavy atom. The van der Waals surface area contributed by atoms with Crippen LogP contribution in [0.5, 0.6) is 0 Å². The second-order valence-electron chi connectivity index (χ2n) is 13.5. The normalized spacial score (nSPS) is 11.7. The van der Waals surface area contributed by atoms with Crippen molar-refractivity contribution in [3.63, 3.8) is 0 Å². The Kier molecular flexibility index (Phi) is 6.79. The zero-order valence-corrected chi connectivity index (χ0v) is 28.9. The highest BCUT2D eigenvalue weighted by molar-refractivity contribution is 6.19. The number of benzene rings is 8. The summed E-state index contributed by atoms with van der Waals surface area (Å²) >= 11 is 0. The first-order valence-electron chi connectivity index (χ1n) is 18.0. The maximum absolute atomic E-state index is 6.64. The molecule has 0 atom stereocenters. The van der Waals surface area contributed by atoms with Gasteiger partial charge >= 0.3 is 0 Å². The minimum Gasteiger partial charge on any atom is -0.456 e. The summed E-state index contributed by atoms with van der Waals surface area (Å²) < 4.78 is 19.5. The smallest absolute Gasteiger partial charge is 0.227 e. The molecule has 0 bridgehead atoms. The van der Waals surface area contributed by atoms with E-state index in [4.69, 9.17) is 18.2 Å². The summed E-state index contributed by atoms with van der Waals surface area (Å²) in [5.41, 5.74) is 13.0. The Bertz CT molecular complexity index is 3160. The first-order chi connectivity index (χ1) is 26.8. The van der Waals surface area contributed by atoms with Crippen molar-refractivity contribution in [3.8, 4) is 33.7 Å². The maximum atomic E-state index is 6.64. The molecule has 0 N–H and O–H groups in total. The molecular formula is C49H30N2O3. The predicted octanol–water partition coefficient (Wildman–Crippen LogP) is 14.1. The van der Waals surface area contributed by atoms with E-state index >= 15 is 0 Å². The molecule has 0 aliphatic rings. The summed E-state index contributed by atoms with van der Waals surface area (Å²) in [5, 5.41) is 4.23. The van der Waals surface area contributed by atoms with Gasteiger partial charge in [0.05, 0.1) is 5.69 Å². The predicted molar refractivity (Wildman–Crippen MR) is 220 cm³/mol. The van der Waals surface area contributed by atoms with Gasteiger partial charge in [-0.3, -0.25) is 0 Å². The van der Waals surface area contributed by atoms with E-state index in [-0.39, 0.29) is 0 Å². The van der Waals surface area contributed by atoms with Gasteiger partial charge in [0.15, 0.2) is 5.58 Å². The molecule has 0 saturated heterocycles. The second-order valence-corrected chi connectivity index (χ2v) is 13.5. The van der Waals surface area contributed by atoms with Crippen LogP contribution in [0.3, 0.4) is 0 Å².